The van der Waals surface area contributed by atoms with Gasteiger partial charge >= 0.3 is 0 Å². The van der Waals surface area contributed by atoms with Crippen LogP contribution in [0.1, 0.15) is 6.92 Å². The second-order valence-electron chi connectivity index (χ2n) is 2.57. The number of aliphatic hydroxyl groups is 2. The van der Waals surface area contributed by atoms with E-state index in [0.29, 0.717) is 0 Å². The first-order valence-electron chi connectivity index (χ1n) is 3.35. The van der Waals surface area contributed by atoms with E-state index in [0.717, 1.165) is 0 Å². The molecule has 1 aliphatic carbocycles. The average Bonchev–Trinajstić information content (AvgIpc) is 1.95. The van der Waals surface area contributed by atoms with Crippen molar-refractivity contribution in [2.75, 3.05) is 0 Å². The van der Waals surface area contributed by atoms with Crippen LogP contribution in [0.3, 0.4) is 0 Å². The molecule has 0 fully saturated rings. The molecule has 2 atom stereocenters. The van der Waals surface area contributed by atoms with Crippen molar-refractivity contribution in [3.05, 3.63) is 24.3 Å². The van der Waals surface area contributed by atoms with Gasteiger partial charge in [-0.3, -0.25) is 4.79 Å². The van der Waals surface area contributed by atoms with Gasteiger partial charge in [-0.1, -0.05) is 18.2 Å². The Labute approximate surface area is 64.7 Å². The molecule has 3 heteroatoms. The average molecular weight is 154 g/mol. The van der Waals surface area contributed by atoms with Crippen LogP contribution in [0, 0.1) is 0 Å². The minimum Gasteiger partial charge on any atom is -0.385 e. The highest BCUT2D eigenvalue weighted by Gasteiger charge is 2.37. The van der Waals surface area contributed by atoms with Crippen LogP contribution >= 0.6 is 0 Å². The maximum Gasteiger partial charge on any atom is 0.170 e. The van der Waals surface area contributed by atoms with Crippen molar-refractivity contribution in [1.29, 1.82) is 0 Å². The molecule has 2 unspecified atom stereocenters. The molecule has 0 amide bonds. The number of carbonyl (C=O) groups excluding carboxylic acids is 1. The Balaban J connectivity index is 2.94. The third-order valence-corrected chi connectivity index (χ3v) is 1.77. The molecule has 0 spiro atoms. The van der Waals surface area contributed by atoms with Crippen LogP contribution < -0.4 is 0 Å². The highest BCUT2D eigenvalue weighted by Crippen LogP contribution is 2.18. The van der Waals surface area contributed by atoms with Gasteiger partial charge in [0.1, 0.15) is 6.10 Å². The lowest BCUT2D eigenvalue weighted by atomic mass is 9.89. The van der Waals surface area contributed by atoms with Crippen LogP contribution in [0.2, 0.25) is 0 Å². The van der Waals surface area contributed by atoms with Gasteiger partial charge in [-0.25, -0.2) is 0 Å². The SMILES string of the molecule is CC(=O)C1(O)C=CC=CC1O. The molecule has 1 aliphatic rings. The Hall–Kier alpha value is -0.930. The summed E-state index contributed by atoms with van der Waals surface area (Å²) in [6.45, 7) is 1.24. The molecule has 0 saturated heterocycles. The van der Waals surface area contributed by atoms with Crippen LogP contribution in [0.25, 0.3) is 0 Å². The summed E-state index contributed by atoms with van der Waals surface area (Å²) in [5.41, 5.74) is -1.71. The fraction of sp³-hybridized carbons (Fsp3) is 0.375. The summed E-state index contributed by atoms with van der Waals surface area (Å²) in [6, 6.07) is 0. The molecule has 2 N–H and O–H groups in total. The predicted octanol–water partition coefficient (Wildman–Crippen LogP) is -0.207. The van der Waals surface area contributed by atoms with Gasteiger partial charge in [-0.05, 0) is 13.0 Å². The van der Waals surface area contributed by atoms with E-state index in [1.807, 2.05) is 0 Å². The highest BCUT2D eigenvalue weighted by atomic mass is 16.3. The van der Waals surface area contributed by atoms with Gasteiger partial charge in [0.05, 0.1) is 0 Å². The van der Waals surface area contributed by atoms with E-state index in [9.17, 15) is 15.0 Å². The zero-order valence-electron chi connectivity index (χ0n) is 6.19. The Morgan fingerprint density at radius 2 is 2.18 bits per heavy atom. The van der Waals surface area contributed by atoms with E-state index >= 15 is 0 Å². The third kappa shape index (κ3) is 1.25. The van der Waals surface area contributed by atoms with Crippen molar-refractivity contribution < 1.29 is 15.0 Å². The van der Waals surface area contributed by atoms with Crippen molar-refractivity contribution in [3.8, 4) is 0 Å². The smallest absolute Gasteiger partial charge is 0.170 e. The number of hydrogen-bond acceptors (Lipinski definition) is 3. The molecule has 1 rings (SSSR count). The Bertz CT molecular complexity index is 229. The fourth-order valence-electron chi connectivity index (χ4n) is 0.943. The van der Waals surface area contributed by atoms with Gasteiger partial charge in [0, 0.05) is 0 Å². The summed E-state index contributed by atoms with van der Waals surface area (Å²) in [5, 5.41) is 18.7. The summed E-state index contributed by atoms with van der Waals surface area (Å²) < 4.78 is 0. The lowest BCUT2D eigenvalue weighted by Crippen LogP contribution is -2.46. The maximum absolute atomic E-state index is 10.8. The first kappa shape index (κ1) is 8.17. The van der Waals surface area contributed by atoms with Crippen molar-refractivity contribution in [2.45, 2.75) is 18.6 Å². The number of aliphatic hydroxyl groups excluding tert-OH is 1. The predicted molar refractivity (Wildman–Crippen MR) is 39.9 cm³/mol. The first-order valence-corrected chi connectivity index (χ1v) is 3.35. The van der Waals surface area contributed by atoms with Crippen LogP contribution in [0.5, 0.6) is 0 Å². The fourth-order valence-corrected chi connectivity index (χ4v) is 0.943. The van der Waals surface area contributed by atoms with E-state index in [1.165, 1.54) is 25.2 Å². The minimum atomic E-state index is -1.71. The molecule has 0 aromatic rings. The molecule has 0 saturated carbocycles. The van der Waals surface area contributed by atoms with Crippen molar-refractivity contribution in [2.24, 2.45) is 0 Å². The van der Waals surface area contributed by atoms with Crippen molar-refractivity contribution >= 4 is 5.78 Å². The summed E-state index contributed by atoms with van der Waals surface area (Å²) in [4.78, 5) is 10.8. The first-order chi connectivity index (χ1) is 5.07. The molecule has 3 nitrogen and oxygen atoms in total. The maximum atomic E-state index is 10.8. The summed E-state index contributed by atoms with van der Waals surface area (Å²) in [7, 11) is 0. The molecule has 11 heavy (non-hydrogen) atoms. The Kier molecular flexibility index (Phi) is 1.93. The van der Waals surface area contributed by atoms with Crippen LogP contribution in [0.4, 0.5) is 0 Å². The molecule has 60 valence electrons. The molecule has 0 heterocycles. The monoisotopic (exact) mass is 154 g/mol. The second kappa shape index (κ2) is 2.60. The van der Waals surface area contributed by atoms with Gasteiger partial charge in [0.2, 0.25) is 0 Å². The van der Waals surface area contributed by atoms with Gasteiger partial charge in [0.15, 0.2) is 11.4 Å². The number of rotatable bonds is 1. The van der Waals surface area contributed by atoms with E-state index in [2.05, 4.69) is 0 Å². The van der Waals surface area contributed by atoms with Crippen molar-refractivity contribution in [3.63, 3.8) is 0 Å². The number of ketones is 1. The van der Waals surface area contributed by atoms with Gasteiger partial charge in [0.25, 0.3) is 0 Å². The second-order valence-corrected chi connectivity index (χ2v) is 2.57. The highest BCUT2D eigenvalue weighted by molar-refractivity contribution is 5.88. The van der Waals surface area contributed by atoms with Crippen LogP contribution in [-0.4, -0.2) is 27.7 Å². The summed E-state index contributed by atoms with van der Waals surface area (Å²) in [5.74, 6) is -0.453. The lowest BCUT2D eigenvalue weighted by Gasteiger charge is -2.26. The summed E-state index contributed by atoms with van der Waals surface area (Å²) in [6.07, 6.45) is 4.67. The topological polar surface area (TPSA) is 57.5 Å². The van der Waals surface area contributed by atoms with Crippen molar-refractivity contribution in [1.82, 2.24) is 0 Å². The normalized spacial score (nSPS) is 35.7. The number of Topliss-reactive ketones (excluding diaryl/α,β-unsaturated/α-hetero) is 1. The number of allylic oxidation sites excluding steroid dienone is 2. The molecule has 0 bridgehead atoms. The Morgan fingerprint density at radius 1 is 1.55 bits per heavy atom. The quantitative estimate of drug-likeness (QED) is 0.549. The molecule has 0 radical (unpaired) electrons. The van der Waals surface area contributed by atoms with E-state index in [4.69, 9.17) is 0 Å². The molecular formula is C8H10O3. The summed E-state index contributed by atoms with van der Waals surface area (Å²) >= 11 is 0. The number of hydrogen-bond donors (Lipinski definition) is 2. The van der Waals surface area contributed by atoms with Gasteiger partial charge < -0.3 is 10.2 Å². The van der Waals surface area contributed by atoms with Crippen LogP contribution in [0.15, 0.2) is 24.3 Å². The molecule has 0 aromatic carbocycles. The molecule has 0 aromatic heterocycles. The zero-order chi connectivity index (χ0) is 8.48. The zero-order valence-corrected chi connectivity index (χ0v) is 6.19. The number of carbonyl (C=O) groups is 1. The van der Waals surface area contributed by atoms with Crippen LogP contribution in [-0.2, 0) is 4.79 Å². The molecular weight excluding hydrogens is 144 g/mol. The lowest BCUT2D eigenvalue weighted by molar-refractivity contribution is -0.137. The Morgan fingerprint density at radius 3 is 2.55 bits per heavy atom. The minimum absolute atomic E-state index is 0.453. The van der Waals surface area contributed by atoms with Gasteiger partial charge in [-0.15, -0.1) is 0 Å². The standard InChI is InChI=1S/C8H10O3/c1-6(9)8(11)5-3-2-4-7(8)10/h2-5,7,10-11H,1H3. The van der Waals surface area contributed by atoms with E-state index in [-0.39, 0.29) is 0 Å². The molecule has 0 aliphatic heterocycles. The largest absolute Gasteiger partial charge is 0.385 e. The third-order valence-electron chi connectivity index (χ3n) is 1.77. The van der Waals surface area contributed by atoms with Gasteiger partial charge in [-0.2, -0.15) is 0 Å². The van der Waals surface area contributed by atoms with E-state index < -0.39 is 17.5 Å². The van der Waals surface area contributed by atoms with E-state index in [1.54, 1.807) is 6.08 Å².